The summed E-state index contributed by atoms with van der Waals surface area (Å²) in [5, 5.41) is 7.52. The molecule has 1 aromatic carbocycles. The zero-order valence-electron chi connectivity index (χ0n) is 9.04. The van der Waals surface area contributed by atoms with Crippen LogP contribution in [-0.2, 0) is 11.2 Å². The van der Waals surface area contributed by atoms with Gasteiger partial charge in [0, 0.05) is 12.1 Å². The molecule has 16 heavy (non-hydrogen) atoms. The van der Waals surface area contributed by atoms with E-state index in [9.17, 15) is 4.79 Å². The number of amides is 1. The van der Waals surface area contributed by atoms with Crippen molar-refractivity contribution < 1.29 is 28.2 Å². The summed E-state index contributed by atoms with van der Waals surface area (Å²) >= 11 is 0. The molecule has 3 rings (SSSR count). The van der Waals surface area contributed by atoms with E-state index in [4.69, 9.17) is 4.52 Å². The third kappa shape index (κ3) is 1.60. The van der Waals surface area contributed by atoms with Gasteiger partial charge >= 0.3 is 18.9 Å². The summed E-state index contributed by atoms with van der Waals surface area (Å²) in [7, 11) is 0. The van der Waals surface area contributed by atoms with Crippen LogP contribution in [0.1, 0.15) is 17.7 Å². The van der Waals surface area contributed by atoms with Crippen LogP contribution in [0, 0.1) is 6.92 Å². The van der Waals surface area contributed by atoms with Crippen molar-refractivity contribution in [1.82, 2.24) is 5.16 Å². The molecule has 0 unspecified atom stereocenters. The average Bonchev–Trinajstić information content (AvgIpc) is 2.57. The minimum absolute atomic E-state index is 0. The van der Waals surface area contributed by atoms with E-state index in [0.29, 0.717) is 17.7 Å². The van der Waals surface area contributed by atoms with Crippen LogP contribution in [0.15, 0.2) is 16.7 Å². The number of hydrogen-bond acceptors (Lipinski definition) is 3. The van der Waals surface area contributed by atoms with E-state index < -0.39 is 0 Å². The van der Waals surface area contributed by atoms with Crippen molar-refractivity contribution in [1.29, 1.82) is 0 Å². The van der Waals surface area contributed by atoms with Gasteiger partial charge in [0.05, 0.1) is 5.58 Å². The van der Waals surface area contributed by atoms with Crippen molar-refractivity contribution in [2.75, 3.05) is 5.32 Å². The van der Waals surface area contributed by atoms with Gasteiger partial charge in [0.25, 0.3) is 0 Å². The fraction of sp³-hybridized carbons (Fsp3) is 0.182. The summed E-state index contributed by atoms with van der Waals surface area (Å²) in [6.45, 7) is 3.78. The molecule has 1 amide bonds. The number of aromatic nitrogens is 1. The second-order valence-corrected chi connectivity index (χ2v) is 3.68. The Balaban J connectivity index is 0.000000963. The molecule has 1 aromatic heterocycles. The molecular formula is C11H9LiN2O2. The van der Waals surface area contributed by atoms with Crippen molar-refractivity contribution >= 4 is 22.6 Å². The van der Waals surface area contributed by atoms with Crippen LogP contribution in [0.2, 0.25) is 0 Å². The Labute approximate surface area is 105 Å². The van der Waals surface area contributed by atoms with Crippen molar-refractivity contribution in [3.8, 4) is 0 Å². The first kappa shape index (κ1) is 11.1. The molecule has 2 aromatic rings. The molecule has 1 aliphatic rings. The Kier molecular flexibility index (Phi) is 2.71. The smallest absolute Gasteiger partial charge is 0.378 e. The van der Waals surface area contributed by atoms with Gasteiger partial charge in [-0.2, -0.15) is 0 Å². The third-order valence-electron chi connectivity index (χ3n) is 2.67. The summed E-state index contributed by atoms with van der Waals surface area (Å²) in [4.78, 5) is 11.2. The molecule has 76 valence electrons. The van der Waals surface area contributed by atoms with Gasteiger partial charge in [0.2, 0.25) is 5.91 Å². The molecule has 1 N–H and O–H groups in total. The molecule has 0 fully saturated rings. The summed E-state index contributed by atoms with van der Waals surface area (Å²) in [6, 6.07) is 3.80. The van der Waals surface area contributed by atoms with E-state index in [1.807, 2.05) is 12.1 Å². The zero-order chi connectivity index (χ0) is 10.4. The van der Waals surface area contributed by atoms with Crippen LogP contribution in [0.3, 0.4) is 0 Å². The number of nitrogens with zero attached hydrogens (tertiary/aromatic N) is 1. The summed E-state index contributed by atoms with van der Waals surface area (Å²) in [6.07, 6.45) is 1.30. The number of anilines is 1. The standard InChI is InChI=1S/C11H9N2O2.Li/c1-6-8-4-7-2-3-11(14)12-9(7)5-10(8)15-13-6;/h4-5H,1-3H2,(H,12,14);/q-1;+1. The fourth-order valence-electron chi connectivity index (χ4n) is 1.86. The van der Waals surface area contributed by atoms with Crippen molar-refractivity contribution in [3.05, 3.63) is 30.3 Å². The maximum absolute atomic E-state index is 11.2. The van der Waals surface area contributed by atoms with Crippen LogP contribution >= 0.6 is 0 Å². The Bertz CT molecular complexity index is 562. The number of nitrogens with one attached hydrogen (secondary N) is 1. The first-order valence-corrected chi connectivity index (χ1v) is 4.78. The predicted octanol–water partition coefficient (Wildman–Crippen LogP) is -1.10. The Morgan fingerprint density at radius 3 is 3.00 bits per heavy atom. The van der Waals surface area contributed by atoms with Crippen LogP contribution < -0.4 is 24.2 Å². The Hall–Kier alpha value is -1.37. The Morgan fingerprint density at radius 2 is 2.19 bits per heavy atom. The minimum atomic E-state index is 0. The van der Waals surface area contributed by atoms with Crippen molar-refractivity contribution in [2.45, 2.75) is 12.8 Å². The number of carbonyl (C=O) groups is 1. The van der Waals surface area contributed by atoms with E-state index in [1.165, 1.54) is 0 Å². The van der Waals surface area contributed by atoms with E-state index >= 15 is 0 Å². The van der Waals surface area contributed by atoms with Crippen molar-refractivity contribution in [3.63, 3.8) is 0 Å². The molecule has 0 saturated heterocycles. The normalized spacial score (nSPS) is 14.1. The Morgan fingerprint density at radius 1 is 1.38 bits per heavy atom. The number of fused-ring (bicyclic) bond motifs is 2. The van der Waals surface area contributed by atoms with Gasteiger partial charge in [-0.15, -0.1) is 16.6 Å². The van der Waals surface area contributed by atoms with E-state index in [2.05, 4.69) is 17.4 Å². The quantitative estimate of drug-likeness (QED) is 0.441. The van der Waals surface area contributed by atoms with Crippen molar-refractivity contribution in [2.24, 2.45) is 0 Å². The summed E-state index contributed by atoms with van der Waals surface area (Å²) in [5.41, 5.74) is 3.26. The molecule has 0 aliphatic carbocycles. The molecular weight excluding hydrogens is 199 g/mol. The SMILES string of the molecule is [CH2-]c1noc2cc3c(cc12)CCC(=O)N3.[Li+]. The second-order valence-electron chi connectivity index (χ2n) is 3.68. The van der Waals surface area contributed by atoms with E-state index in [1.54, 1.807) is 0 Å². The third-order valence-corrected chi connectivity index (χ3v) is 2.67. The number of benzene rings is 1. The fourth-order valence-corrected chi connectivity index (χ4v) is 1.86. The largest absolute Gasteiger partial charge is 1.00 e. The number of aryl methyl sites for hydroxylation is 1. The topological polar surface area (TPSA) is 55.1 Å². The van der Waals surface area contributed by atoms with E-state index in [-0.39, 0.29) is 24.8 Å². The molecule has 0 radical (unpaired) electrons. The summed E-state index contributed by atoms with van der Waals surface area (Å²) in [5.74, 6) is 0.0520. The average molecular weight is 208 g/mol. The molecule has 5 heteroatoms. The van der Waals surface area contributed by atoms with Gasteiger partial charge in [-0.3, -0.25) is 4.79 Å². The summed E-state index contributed by atoms with van der Waals surface area (Å²) < 4.78 is 5.09. The van der Waals surface area contributed by atoms with Gasteiger partial charge in [0.15, 0.2) is 0 Å². The number of rotatable bonds is 0. The zero-order valence-corrected chi connectivity index (χ0v) is 9.04. The van der Waals surface area contributed by atoms with Gasteiger partial charge in [-0.25, -0.2) is 6.92 Å². The van der Waals surface area contributed by atoms with Crippen LogP contribution in [0.4, 0.5) is 5.69 Å². The van der Waals surface area contributed by atoms with Crippen LogP contribution in [0.5, 0.6) is 0 Å². The molecule has 0 spiro atoms. The number of carbonyl (C=O) groups excluding carboxylic acids is 1. The minimum Gasteiger partial charge on any atom is -0.378 e. The molecule has 2 heterocycles. The monoisotopic (exact) mass is 208 g/mol. The van der Waals surface area contributed by atoms with Crippen LogP contribution in [0.25, 0.3) is 11.0 Å². The molecule has 4 nitrogen and oxygen atoms in total. The maximum Gasteiger partial charge on any atom is 1.00 e. The molecule has 1 aliphatic heterocycles. The van der Waals surface area contributed by atoms with Gasteiger partial charge in [0.1, 0.15) is 0 Å². The predicted molar refractivity (Wildman–Crippen MR) is 55.4 cm³/mol. The number of hydrogen-bond donors (Lipinski definition) is 1. The second kappa shape index (κ2) is 3.89. The molecule has 0 atom stereocenters. The first-order chi connectivity index (χ1) is 7.24. The first-order valence-electron chi connectivity index (χ1n) is 4.78. The van der Waals surface area contributed by atoms with Crippen LogP contribution in [-0.4, -0.2) is 11.1 Å². The molecule has 0 bridgehead atoms. The molecule has 0 saturated carbocycles. The maximum atomic E-state index is 11.2. The van der Waals surface area contributed by atoms with E-state index in [0.717, 1.165) is 23.1 Å². The van der Waals surface area contributed by atoms with Gasteiger partial charge in [-0.1, -0.05) is 5.69 Å². The van der Waals surface area contributed by atoms with Gasteiger partial charge < -0.3 is 9.84 Å². The van der Waals surface area contributed by atoms with Gasteiger partial charge in [-0.05, 0) is 18.1 Å².